The number of fused-ring (bicyclic) bond motifs is 1. The largest absolute Gasteiger partial charge is 0.231 e. The van der Waals surface area contributed by atoms with Gasteiger partial charge in [0.2, 0.25) is 16.9 Å². The minimum atomic E-state index is 0.0227. The summed E-state index contributed by atoms with van der Waals surface area (Å²) >= 11 is 9.06. The Morgan fingerprint density at radius 2 is 0.932 bits per heavy atom. The maximum Gasteiger partial charge on any atom is 0.231 e. The first-order chi connectivity index (χ1) is 20.2. The fourth-order valence-electron chi connectivity index (χ4n) is 6.21. The summed E-state index contributed by atoms with van der Waals surface area (Å²) in [4.78, 5) is 1.53. The van der Waals surface area contributed by atoms with Gasteiger partial charge in [-0.25, -0.2) is 0 Å². The van der Waals surface area contributed by atoms with E-state index in [1.54, 1.807) is 0 Å². The lowest BCUT2D eigenvalue weighted by atomic mass is 9.77. The van der Waals surface area contributed by atoms with E-state index in [2.05, 4.69) is 142 Å². The van der Waals surface area contributed by atoms with Gasteiger partial charge in [-0.15, -0.1) is 0 Å². The monoisotopic (exact) mass is 626 g/mol. The summed E-state index contributed by atoms with van der Waals surface area (Å²) < 4.78 is 2.53. The topological polar surface area (TPSA) is 3.88 Å². The average molecular weight is 627 g/mol. The van der Waals surface area contributed by atoms with Gasteiger partial charge in [-0.1, -0.05) is 142 Å². The molecule has 44 heavy (non-hydrogen) atoms. The Morgan fingerprint density at radius 3 is 1.32 bits per heavy atom. The molecule has 1 nitrogen and oxygen atoms in total. The van der Waals surface area contributed by atoms with Crippen molar-refractivity contribution in [2.45, 2.75) is 130 Å². The first kappa shape index (κ1) is 33.0. The van der Waals surface area contributed by atoms with Gasteiger partial charge in [-0.05, 0) is 86.4 Å². The molecule has 0 atom stereocenters. The lowest BCUT2D eigenvalue weighted by Crippen LogP contribution is -2.35. The molecule has 0 unspecified atom stereocenters. The zero-order chi connectivity index (χ0) is 32.4. The molecule has 0 bridgehead atoms. The van der Waals surface area contributed by atoms with Crippen molar-refractivity contribution < 1.29 is 4.57 Å². The number of thiazole rings is 1. The Labute approximate surface area is 276 Å². The number of aromatic nitrogens is 1. The number of aryl methyl sites for hydroxylation is 1. The van der Waals surface area contributed by atoms with Gasteiger partial charge >= 0.3 is 0 Å². The van der Waals surface area contributed by atoms with Crippen LogP contribution in [-0.2, 0) is 34.5 Å². The van der Waals surface area contributed by atoms with Gasteiger partial charge in [0.1, 0.15) is 0 Å². The van der Waals surface area contributed by atoms with E-state index in [9.17, 15) is 0 Å². The highest BCUT2D eigenvalue weighted by Crippen LogP contribution is 2.42. The summed E-state index contributed by atoms with van der Waals surface area (Å²) in [5, 5.41) is 0.778. The molecular weight excluding hydrogens is 574 g/mol. The minimum Gasteiger partial charge on any atom is -0.153 e. The fraction of sp³-hybridized carbons (Fsp3) is 0.488. The molecule has 1 heterocycles. The maximum absolute atomic E-state index is 7.14. The number of hydrogen-bond donors (Lipinski definition) is 0. The lowest BCUT2D eigenvalue weighted by molar-refractivity contribution is -0.598. The van der Waals surface area contributed by atoms with Crippen molar-refractivity contribution in [2.75, 3.05) is 0 Å². The van der Waals surface area contributed by atoms with Crippen molar-refractivity contribution in [2.24, 2.45) is 0 Å². The summed E-state index contributed by atoms with van der Waals surface area (Å²) in [5.41, 5.74) is 15.5. The normalized spacial score (nSPS) is 14.6. The van der Waals surface area contributed by atoms with E-state index in [1.807, 2.05) is 11.3 Å². The predicted molar refractivity (Wildman–Crippen MR) is 193 cm³/mol. The second kappa shape index (κ2) is 11.4. The van der Waals surface area contributed by atoms with E-state index in [1.165, 1.54) is 80.0 Å². The van der Waals surface area contributed by atoms with Crippen LogP contribution in [0.4, 0.5) is 0 Å². The number of halogens is 1. The van der Waals surface area contributed by atoms with Gasteiger partial charge < -0.3 is 0 Å². The van der Waals surface area contributed by atoms with Crippen LogP contribution >= 0.6 is 22.9 Å². The zero-order valence-corrected chi connectivity index (χ0v) is 30.8. The Morgan fingerprint density at radius 1 is 0.545 bits per heavy atom. The van der Waals surface area contributed by atoms with Crippen molar-refractivity contribution in [3.63, 3.8) is 0 Å². The van der Waals surface area contributed by atoms with Crippen LogP contribution in [0, 0.1) is 0 Å². The summed E-state index contributed by atoms with van der Waals surface area (Å²) in [6.45, 7) is 27.8. The second-order valence-corrected chi connectivity index (χ2v) is 18.5. The van der Waals surface area contributed by atoms with Crippen molar-refractivity contribution in [3.8, 4) is 27.9 Å². The Bertz CT molecular complexity index is 1530. The molecule has 1 aliphatic rings. The fourth-order valence-corrected chi connectivity index (χ4v) is 7.49. The molecule has 5 rings (SSSR count). The molecule has 3 aromatic carbocycles. The number of hydrogen-bond acceptors (Lipinski definition) is 1. The van der Waals surface area contributed by atoms with Gasteiger partial charge in [0.15, 0.2) is 0 Å². The standard InChI is InChI=1S/C41H53ClNS/c1-38(2,3)28-17-26(18-29(21-28)39(4,5)6)33-23-32(42)24-34(37(33)43-25-44-36-16-14-13-15-35(36)43)27-19-30(40(7,8)9)22-31(20-27)41(10,11)12/h17-25H,13-16H2,1-12H3/q+1. The zero-order valence-electron chi connectivity index (χ0n) is 29.3. The van der Waals surface area contributed by atoms with Crippen LogP contribution in [0.3, 0.4) is 0 Å². The first-order valence-electron chi connectivity index (χ1n) is 16.4. The van der Waals surface area contributed by atoms with Gasteiger partial charge in [0.05, 0.1) is 16.0 Å². The van der Waals surface area contributed by atoms with Gasteiger partial charge in [0, 0.05) is 11.4 Å². The second-order valence-electron chi connectivity index (χ2n) is 17.1. The van der Waals surface area contributed by atoms with Crippen LogP contribution in [0.2, 0.25) is 5.02 Å². The molecule has 3 heteroatoms. The van der Waals surface area contributed by atoms with Crippen molar-refractivity contribution in [1.29, 1.82) is 0 Å². The van der Waals surface area contributed by atoms with Crippen molar-refractivity contribution in [1.82, 2.24) is 0 Å². The molecule has 0 aliphatic heterocycles. The molecule has 0 radical (unpaired) electrons. The van der Waals surface area contributed by atoms with Crippen LogP contribution in [0.25, 0.3) is 27.9 Å². The summed E-state index contributed by atoms with van der Waals surface area (Å²) in [7, 11) is 0. The molecule has 1 aliphatic carbocycles. The molecular formula is C41H53ClNS+. The Balaban J connectivity index is 1.92. The Kier molecular flexibility index (Phi) is 8.56. The van der Waals surface area contributed by atoms with E-state index in [0.29, 0.717) is 0 Å². The third kappa shape index (κ3) is 6.73. The van der Waals surface area contributed by atoms with E-state index < -0.39 is 0 Å². The van der Waals surface area contributed by atoms with Crippen LogP contribution in [0.1, 0.15) is 129 Å². The van der Waals surface area contributed by atoms with Gasteiger partial charge in [-0.2, -0.15) is 4.57 Å². The quantitative estimate of drug-likeness (QED) is 0.199. The predicted octanol–water partition coefficient (Wildman–Crippen LogP) is 12.1. The number of rotatable bonds is 3. The van der Waals surface area contributed by atoms with Crippen LogP contribution < -0.4 is 4.57 Å². The molecule has 0 saturated heterocycles. The third-order valence-electron chi connectivity index (χ3n) is 9.25. The van der Waals surface area contributed by atoms with Gasteiger partial charge in [0.25, 0.3) is 0 Å². The van der Waals surface area contributed by atoms with Crippen LogP contribution in [0.15, 0.2) is 54.0 Å². The lowest BCUT2D eigenvalue weighted by Gasteiger charge is -2.27. The van der Waals surface area contributed by atoms with Gasteiger partial charge in [-0.3, -0.25) is 0 Å². The van der Waals surface area contributed by atoms with E-state index in [0.717, 1.165) is 11.4 Å². The molecule has 234 valence electrons. The van der Waals surface area contributed by atoms with E-state index in [-0.39, 0.29) is 21.7 Å². The summed E-state index contributed by atoms with van der Waals surface area (Å²) in [6.07, 6.45) is 4.81. The molecule has 0 N–H and O–H groups in total. The molecule has 4 aromatic rings. The molecule has 0 spiro atoms. The van der Waals surface area contributed by atoms with Crippen molar-refractivity contribution >= 4 is 22.9 Å². The molecule has 0 amide bonds. The molecule has 1 aromatic heterocycles. The van der Waals surface area contributed by atoms with Crippen LogP contribution in [-0.4, -0.2) is 0 Å². The Hall–Kier alpha value is -2.42. The average Bonchev–Trinajstić information content (AvgIpc) is 3.34. The molecule has 0 saturated carbocycles. The third-order valence-corrected chi connectivity index (χ3v) is 10.5. The first-order valence-corrected chi connectivity index (χ1v) is 17.7. The number of nitrogens with zero attached hydrogens (tertiary/aromatic N) is 1. The summed E-state index contributed by atoms with van der Waals surface area (Å²) in [5.74, 6) is 0. The highest BCUT2D eigenvalue weighted by Gasteiger charge is 2.32. The molecule has 0 fully saturated rings. The highest BCUT2D eigenvalue weighted by molar-refractivity contribution is 7.09. The maximum atomic E-state index is 7.14. The van der Waals surface area contributed by atoms with E-state index >= 15 is 0 Å². The van der Waals surface area contributed by atoms with Crippen molar-refractivity contribution in [3.05, 3.63) is 91.9 Å². The minimum absolute atomic E-state index is 0.0227. The van der Waals surface area contributed by atoms with Crippen LogP contribution in [0.5, 0.6) is 0 Å². The summed E-state index contributed by atoms with van der Waals surface area (Å²) in [6, 6.07) is 18.9. The van der Waals surface area contributed by atoms with E-state index in [4.69, 9.17) is 11.6 Å². The SMILES string of the molecule is CC(C)(C)c1cc(-c2cc(Cl)cc(-c3cc(C(C)(C)C)cc(C(C)(C)C)c3)c2-[n+]2csc3c2CCCC3)cc(C(C)(C)C)c1. The smallest absolute Gasteiger partial charge is 0.153 e. The highest BCUT2D eigenvalue weighted by atomic mass is 35.5. The number of benzene rings is 3.